The number of ether oxygens (including phenoxy) is 2. The standard InChI is InChI=1S/C27H27N3O6/c1-28-26(33)19-10-12-20(13-11-19)29-25(32)17-36-27(34)22-5-3-4-6-23(22)30-24(31)16-9-18-7-14-21(35-2)15-8-18/h3-8,10-15H,9,16-17H2,1-2H3,(H,28,33)(H,29,32)(H,30,31). The lowest BCUT2D eigenvalue weighted by Gasteiger charge is -2.11. The van der Waals surface area contributed by atoms with E-state index in [0.29, 0.717) is 23.4 Å². The fourth-order valence-electron chi connectivity index (χ4n) is 3.29. The van der Waals surface area contributed by atoms with Gasteiger partial charge in [-0.25, -0.2) is 4.79 Å². The summed E-state index contributed by atoms with van der Waals surface area (Å²) in [6, 6.07) is 20.1. The molecule has 0 fully saturated rings. The molecule has 3 amide bonds. The molecular weight excluding hydrogens is 462 g/mol. The largest absolute Gasteiger partial charge is 0.497 e. The number of esters is 1. The van der Waals surface area contributed by atoms with Crippen LogP contribution in [0.1, 0.15) is 32.7 Å². The molecule has 0 spiro atoms. The van der Waals surface area contributed by atoms with Crippen molar-refractivity contribution >= 4 is 35.1 Å². The summed E-state index contributed by atoms with van der Waals surface area (Å²) in [5.41, 5.74) is 2.32. The van der Waals surface area contributed by atoms with Crippen molar-refractivity contribution in [2.45, 2.75) is 12.8 Å². The zero-order valence-electron chi connectivity index (χ0n) is 20.0. The molecule has 0 aliphatic heterocycles. The number of benzene rings is 3. The highest BCUT2D eigenvalue weighted by molar-refractivity contribution is 6.02. The van der Waals surface area contributed by atoms with Gasteiger partial charge in [-0.3, -0.25) is 14.4 Å². The molecule has 0 aliphatic rings. The van der Waals surface area contributed by atoms with Crippen LogP contribution in [0.2, 0.25) is 0 Å². The summed E-state index contributed by atoms with van der Waals surface area (Å²) < 4.78 is 10.3. The molecule has 0 aromatic heterocycles. The van der Waals surface area contributed by atoms with Crippen molar-refractivity contribution in [1.82, 2.24) is 5.32 Å². The number of aryl methyl sites for hydroxylation is 1. The Kier molecular flexibility index (Phi) is 9.16. The van der Waals surface area contributed by atoms with Gasteiger partial charge >= 0.3 is 5.97 Å². The van der Waals surface area contributed by atoms with Crippen LogP contribution in [0.3, 0.4) is 0 Å². The predicted molar refractivity (Wildman–Crippen MR) is 135 cm³/mol. The van der Waals surface area contributed by atoms with Crippen LogP contribution in [-0.4, -0.2) is 44.5 Å². The minimum Gasteiger partial charge on any atom is -0.497 e. The van der Waals surface area contributed by atoms with Gasteiger partial charge in [0.05, 0.1) is 18.4 Å². The Hall–Kier alpha value is -4.66. The highest BCUT2D eigenvalue weighted by atomic mass is 16.5. The van der Waals surface area contributed by atoms with Crippen molar-refractivity contribution < 1.29 is 28.7 Å². The molecule has 186 valence electrons. The third-order valence-electron chi connectivity index (χ3n) is 5.21. The lowest BCUT2D eigenvalue weighted by Crippen LogP contribution is -2.22. The lowest BCUT2D eigenvalue weighted by molar-refractivity contribution is -0.119. The van der Waals surface area contributed by atoms with Gasteiger partial charge in [-0.2, -0.15) is 0 Å². The Bertz CT molecular complexity index is 1220. The van der Waals surface area contributed by atoms with Crippen LogP contribution in [0.15, 0.2) is 72.8 Å². The smallest absolute Gasteiger partial charge is 0.340 e. The summed E-state index contributed by atoms with van der Waals surface area (Å²) in [6.45, 7) is -0.518. The number of methoxy groups -OCH3 is 1. The number of para-hydroxylation sites is 1. The molecule has 0 radical (unpaired) electrons. The Balaban J connectivity index is 1.51. The molecule has 0 unspecified atom stereocenters. The van der Waals surface area contributed by atoms with Gasteiger partial charge in [0.15, 0.2) is 6.61 Å². The molecule has 3 rings (SSSR count). The van der Waals surface area contributed by atoms with Crippen molar-refractivity contribution in [2.24, 2.45) is 0 Å². The molecule has 36 heavy (non-hydrogen) atoms. The van der Waals surface area contributed by atoms with Crippen molar-refractivity contribution in [1.29, 1.82) is 0 Å². The van der Waals surface area contributed by atoms with E-state index in [2.05, 4.69) is 16.0 Å². The summed E-state index contributed by atoms with van der Waals surface area (Å²) in [6.07, 6.45) is 0.740. The molecule has 0 heterocycles. The van der Waals surface area contributed by atoms with Gasteiger partial charge in [0.2, 0.25) is 5.91 Å². The summed E-state index contributed by atoms with van der Waals surface area (Å²) in [5, 5.41) is 7.84. The second-order valence-electron chi connectivity index (χ2n) is 7.72. The molecule has 0 saturated carbocycles. The van der Waals surface area contributed by atoms with Crippen LogP contribution in [0.4, 0.5) is 11.4 Å². The molecule has 0 atom stereocenters. The normalized spacial score (nSPS) is 10.2. The van der Waals surface area contributed by atoms with E-state index in [0.717, 1.165) is 11.3 Å². The summed E-state index contributed by atoms with van der Waals surface area (Å²) >= 11 is 0. The highest BCUT2D eigenvalue weighted by Crippen LogP contribution is 2.18. The van der Waals surface area contributed by atoms with Gasteiger partial charge in [-0.1, -0.05) is 24.3 Å². The van der Waals surface area contributed by atoms with Crippen LogP contribution in [-0.2, 0) is 20.7 Å². The molecule has 3 aromatic rings. The van der Waals surface area contributed by atoms with Crippen LogP contribution in [0, 0.1) is 0 Å². The predicted octanol–water partition coefficient (Wildman–Crippen LogP) is 3.42. The molecule has 9 heteroatoms. The number of carbonyl (C=O) groups excluding carboxylic acids is 4. The van der Waals surface area contributed by atoms with Crippen LogP contribution < -0.4 is 20.7 Å². The first kappa shape index (κ1) is 26.0. The van der Waals surface area contributed by atoms with E-state index in [1.165, 1.54) is 13.1 Å². The van der Waals surface area contributed by atoms with E-state index in [4.69, 9.17) is 9.47 Å². The van der Waals surface area contributed by atoms with Gasteiger partial charge in [-0.05, 0) is 60.5 Å². The van der Waals surface area contributed by atoms with Crippen molar-refractivity contribution in [2.75, 3.05) is 31.4 Å². The van der Waals surface area contributed by atoms with Gasteiger partial charge in [0.25, 0.3) is 11.8 Å². The Morgan fingerprint density at radius 3 is 2.17 bits per heavy atom. The number of rotatable bonds is 10. The maximum atomic E-state index is 12.6. The summed E-state index contributed by atoms with van der Waals surface area (Å²) in [4.78, 5) is 48.8. The van der Waals surface area contributed by atoms with Gasteiger partial charge in [-0.15, -0.1) is 0 Å². The summed E-state index contributed by atoms with van der Waals surface area (Å²) in [7, 11) is 3.12. The molecule has 3 aromatic carbocycles. The number of carbonyl (C=O) groups is 4. The van der Waals surface area contributed by atoms with Gasteiger partial charge in [0, 0.05) is 24.7 Å². The minimum atomic E-state index is -0.744. The first-order valence-corrected chi connectivity index (χ1v) is 11.2. The highest BCUT2D eigenvalue weighted by Gasteiger charge is 2.16. The number of amides is 3. The zero-order chi connectivity index (χ0) is 25.9. The van der Waals surface area contributed by atoms with Crippen LogP contribution in [0.5, 0.6) is 5.75 Å². The zero-order valence-corrected chi connectivity index (χ0v) is 20.0. The molecule has 0 aliphatic carbocycles. The molecule has 0 bridgehead atoms. The maximum Gasteiger partial charge on any atom is 0.340 e. The minimum absolute atomic E-state index is 0.137. The van der Waals surface area contributed by atoms with E-state index in [1.54, 1.807) is 49.6 Å². The first-order valence-electron chi connectivity index (χ1n) is 11.2. The number of hydrogen-bond donors (Lipinski definition) is 3. The fraction of sp³-hybridized carbons (Fsp3) is 0.185. The molecule has 3 N–H and O–H groups in total. The van der Waals surface area contributed by atoms with E-state index in [9.17, 15) is 19.2 Å². The van der Waals surface area contributed by atoms with E-state index < -0.39 is 18.5 Å². The average Bonchev–Trinajstić information content (AvgIpc) is 2.91. The average molecular weight is 490 g/mol. The lowest BCUT2D eigenvalue weighted by atomic mass is 10.1. The Morgan fingerprint density at radius 2 is 1.50 bits per heavy atom. The van der Waals surface area contributed by atoms with Crippen molar-refractivity contribution in [3.63, 3.8) is 0 Å². The van der Waals surface area contributed by atoms with Crippen LogP contribution in [0.25, 0.3) is 0 Å². The van der Waals surface area contributed by atoms with E-state index in [-0.39, 0.29) is 23.8 Å². The van der Waals surface area contributed by atoms with Gasteiger partial charge in [0.1, 0.15) is 5.75 Å². The number of nitrogens with one attached hydrogen (secondary N) is 3. The van der Waals surface area contributed by atoms with E-state index in [1.807, 2.05) is 24.3 Å². The summed E-state index contributed by atoms with van der Waals surface area (Å²) in [5.74, 6) is -1.05. The first-order chi connectivity index (χ1) is 17.4. The number of hydrogen-bond acceptors (Lipinski definition) is 6. The fourth-order valence-corrected chi connectivity index (χ4v) is 3.29. The topological polar surface area (TPSA) is 123 Å². The second kappa shape index (κ2) is 12.7. The van der Waals surface area contributed by atoms with Crippen molar-refractivity contribution in [3.8, 4) is 5.75 Å². The van der Waals surface area contributed by atoms with Gasteiger partial charge < -0.3 is 25.4 Å². The second-order valence-corrected chi connectivity index (χ2v) is 7.72. The molecular formula is C27H27N3O6. The Labute approximate surface area is 208 Å². The SMILES string of the molecule is CNC(=O)c1ccc(NC(=O)COC(=O)c2ccccc2NC(=O)CCc2ccc(OC)cc2)cc1. The maximum absolute atomic E-state index is 12.6. The monoisotopic (exact) mass is 489 g/mol. The molecule has 0 saturated heterocycles. The number of anilines is 2. The third-order valence-corrected chi connectivity index (χ3v) is 5.21. The van der Waals surface area contributed by atoms with Crippen molar-refractivity contribution in [3.05, 3.63) is 89.5 Å². The van der Waals surface area contributed by atoms with Crippen LogP contribution >= 0.6 is 0 Å². The Morgan fingerprint density at radius 1 is 0.806 bits per heavy atom. The van der Waals surface area contributed by atoms with E-state index >= 15 is 0 Å². The molecule has 9 nitrogen and oxygen atoms in total. The quantitative estimate of drug-likeness (QED) is 0.375. The third kappa shape index (κ3) is 7.42.